The number of hydrogen-bond donors (Lipinski definition) is 0. The molecule has 0 fully saturated rings. The zero-order valence-electron chi connectivity index (χ0n) is 7.33. The minimum Gasteiger partial charge on any atom is -0.494 e. The van der Waals surface area contributed by atoms with Crippen LogP contribution < -0.4 is 4.74 Å². The summed E-state index contributed by atoms with van der Waals surface area (Å²) in [6, 6.07) is 4.13. The molecule has 3 nitrogen and oxygen atoms in total. The Kier molecular flexibility index (Phi) is 3.64. The molecule has 0 aliphatic rings. The van der Waals surface area contributed by atoms with Crippen molar-refractivity contribution in [2.45, 2.75) is 11.8 Å². The van der Waals surface area contributed by atoms with Crippen LogP contribution in [0.1, 0.15) is 6.92 Å². The Labute approximate surface area is 92.0 Å². The highest BCUT2D eigenvalue weighted by molar-refractivity contribution is 8.13. The van der Waals surface area contributed by atoms with Gasteiger partial charge in [0.15, 0.2) is 0 Å². The molecule has 0 unspecified atom stereocenters. The first-order valence-electron chi connectivity index (χ1n) is 3.81. The third-order valence-corrected chi connectivity index (χ3v) is 2.99. The summed E-state index contributed by atoms with van der Waals surface area (Å²) in [6.45, 7) is 2.22. The Balaban J connectivity index is 3.21. The first-order valence-corrected chi connectivity index (χ1v) is 6.50. The van der Waals surface area contributed by atoms with Crippen LogP contribution in [0.2, 0.25) is 5.02 Å². The fourth-order valence-corrected chi connectivity index (χ4v) is 2.01. The second kappa shape index (κ2) is 4.38. The molecule has 0 aromatic heterocycles. The number of halogens is 2. The molecular formula is C8H8Cl2O3S. The highest BCUT2D eigenvalue weighted by Gasteiger charge is 2.12. The molecule has 0 aliphatic heterocycles. The fraction of sp³-hybridized carbons (Fsp3) is 0.250. The molecule has 1 rings (SSSR count). The molecule has 14 heavy (non-hydrogen) atoms. The summed E-state index contributed by atoms with van der Waals surface area (Å²) >= 11 is 5.69. The third kappa shape index (κ3) is 3.04. The van der Waals surface area contributed by atoms with E-state index in [9.17, 15) is 8.42 Å². The third-order valence-electron chi connectivity index (χ3n) is 1.44. The summed E-state index contributed by atoms with van der Waals surface area (Å²) in [5.41, 5.74) is 0. The second-order valence-electron chi connectivity index (χ2n) is 2.49. The van der Waals surface area contributed by atoms with Crippen LogP contribution in [0, 0.1) is 0 Å². The van der Waals surface area contributed by atoms with Gasteiger partial charge < -0.3 is 4.74 Å². The minimum absolute atomic E-state index is 0.0601. The van der Waals surface area contributed by atoms with E-state index in [1.807, 2.05) is 0 Å². The molecule has 0 amide bonds. The van der Waals surface area contributed by atoms with E-state index in [1.54, 1.807) is 6.92 Å². The molecule has 1 aromatic carbocycles. The van der Waals surface area contributed by atoms with Crippen LogP contribution in [0.4, 0.5) is 0 Å². The lowest BCUT2D eigenvalue weighted by molar-refractivity contribution is 0.339. The van der Waals surface area contributed by atoms with Crippen molar-refractivity contribution in [1.29, 1.82) is 0 Å². The lowest BCUT2D eigenvalue weighted by Gasteiger charge is -2.04. The molecule has 0 atom stereocenters. The minimum atomic E-state index is -3.76. The van der Waals surface area contributed by atoms with E-state index in [1.165, 1.54) is 18.2 Å². The topological polar surface area (TPSA) is 43.4 Å². The smallest absolute Gasteiger partial charge is 0.261 e. The largest absolute Gasteiger partial charge is 0.494 e. The lowest BCUT2D eigenvalue weighted by atomic mass is 10.3. The van der Waals surface area contributed by atoms with Crippen molar-refractivity contribution in [2.24, 2.45) is 0 Å². The highest BCUT2D eigenvalue weighted by Crippen LogP contribution is 2.26. The van der Waals surface area contributed by atoms with Crippen LogP contribution in [0.15, 0.2) is 23.1 Å². The zero-order valence-corrected chi connectivity index (χ0v) is 9.66. The summed E-state index contributed by atoms with van der Waals surface area (Å²) in [6.07, 6.45) is 0. The van der Waals surface area contributed by atoms with Gasteiger partial charge in [0.1, 0.15) is 5.75 Å². The molecule has 1 aromatic rings. The monoisotopic (exact) mass is 254 g/mol. The maximum absolute atomic E-state index is 11.0. The van der Waals surface area contributed by atoms with Gasteiger partial charge in [0.25, 0.3) is 9.05 Å². The fourth-order valence-electron chi connectivity index (χ4n) is 0.928. The zero-order chi connectivity index (χ0) is 10.8. The van der Waals surface area contributed by atoms with Gasteiger partial charge in [-0.15, -0.1) is 0 Å². The van der Waals surface area contributed by atoms with Gasteiger partial charge in [-0.05, 0) is 19.1 Å². The number of hydrogen-bond acceptors (Lipinski definition) is 3. The van der Waals surface area contributed by atoms with Crippen LogP contribution in [-0.2, 0) is 9.05 Å². The first kappa shape index (κ1) is 11.6. The Morgan fingerprint density at radius 1 is 1.36 bits per heavy atom. The Hall–Kier alpha value is -0.450. The van der Waals surface area contributed by atoms with E-state index in [0.29, 0.717) is 12.4 Å². The van der Waals surface area contributed by atoms with E-state index in [2.05, 4.69) is 0 Å². The summed E-state index contributed by atoms with van der Waals surface area (Å²) in [5.74, 6) is 0.388. The molecule has 0 aliphatic carbocycles. The normalized spacial score (nSPS) is 11.4. The van der Waals surface area contributed by atoms with Crippen LogP contribution >= 0.6 is 22.3 Å². The van der Waals surface area contributed by atoms with Gasteiger partial charge in [0.05, 0.1) is 11.5 Å². The molecule has 0 bridgehead atoms. The summed E-state index contributed by atoms with van der Waals surface area (Å²) in [4.78, 5) is -0.0601. The van der Waals surface area contributed by atoms with E-state index >= 15 is 0 Å². The van der Waals surface area contributed by atoms with Crippen LogP contribution in [0.5, 0.6) is 5.75 Å². The molecule has 0 spiro atoms. The van der Waals surface area contributed by atoms with E-state index in [4.69, 9.17) is 27.0 Å². The molecule has 0 saturated heterocycles. The molecule has 6 heteroatoms. The summed E-state index contributed by atoms with van der Waals surface area (Å²) < 4.78 is 27.1. The van der Waals surface area contributed by atoms with Crippen molar-refractivity contribution < 1.29 is 13.2 Å². The Morgan fingerprint density at radius 3 is 2.50 bits per heavy atom. The van der Waals surface area contributed by atoms with Crippen molar-refractivity contribution in [3.05, 3.63) is 23.2 Å². The van der Waals surface area contributed by atoms with Crippen molar-refractivity contribution in [3.63, 3.8) is 0 Å². The molecule has 0 saturated carbocycles. The highest BCUT2D eigenvalue weighted by atomic mass is 35.7. The molecule has 78 valence electrons. The molecule has 0 radical (unpaired) electrons. The predicted octanol–water partition coefficient (Wildman–Crippen LogP) is 2.67. The van der Waals surface area contributed by atoms with Crippen LogP contribution in [0.3, 0.4) is 0 Å². The van der Waals surface area contributed by atoms with Crippen molar-refractivity contribution in [3.8, 4) is 5.75 Å². The molecular weight excluding hydrogens is 247 g/mol. The van der Waals surface area contributed by atoms with Gasteiger partial charge in [0, 0.05) is 21.8 Å². The summed E-state index contributed by atoms with van der Waals surface area (Å²) in [5, 5.41) is 0.273. The standard InChI is InChI=1S/C8H8Cl2O3S/c1-2-13-7-3-6(9)4-8(5-7)14(10,11)12/h3-5H,2H2,1H3. The van der Waals surface area contributed by atoms with Crippen molar-refractivity contribution in [2.75, 3.05) is 6.61 Å². The van der Waals surface area contributed by atoms with E-state index < -0.39 is 9.05 Å². The first-order chi connectivity index (χ1) is 6.43. The second-order valence-corrected chi connectivity index (χ2v) is 5.50. The van der Waals surface area contributed by atoms with Crippen LogP contribution in [-0.4, -0.2) is 15.0 Å². The summed E-state index contributed by atoms with van der Waals surface area (Å²) in [7, 11) is 1.40. The quantitative estimate of drug-likeness (QED) is 0.780. The van der Waals surface area contributed by atoms with Gasteiger partial charge in [-0.1, -0.05) is 11.6 Å². The Bertz CT molecular complexity index is 428. The van der Waals surface area contributed by atoms with Gasteiger partial charge in [-0.25, -0.2) is 8.42 Å². The average Bonchev–Trinajstić information content (AvgIpc) is 2.02. The lowest BCUT2D eigenvalue weighted by Crippen LogP contribution is -1.95. The van der Waals surface area contributed by atoms with Crippen LogP contribution in [0.25, 0.3) is 0 Å². The number of rotatable bonds is 3. The van der Waals surface area contributed by atoms with Gasteiger partial charge in [0.2, 0.25) is 0 Å². The maximum atomic E-state index is 11.0. The van der Waals surface area contributed by atoms with Gasteiger partial charge >= 0.3 is 0 Å². The molecule has 0 heterocycles. The number of ether oxygens (including phenoxy) is 1. The van der Waals surface area contributed by atoms with E-state index in [0.717, 1.165) is 0 Å². The number of benzene rings is 1. The van der Waals surface area contributed by atoms with Crippen molar-refractivity contribution >= 4 is 31.3 Å². The predicted molar refractivity (Wildman–Crippen MR) is 55.7 cm³/mol. The van der Waals surface area contributed by atoms with E-state index in [-0.39, 0.29) is 9.92 Å². The van der Waals surface area contributed by atoms with Gasteiger partial charge in [-0.2, -0.15) is 0 Å². The molecule has 0 N–H and O–H groups in total. The van der Waals surface area contributed by atoms with Crippen molar-refractivity contribution in [1.82, 2.24) is 0 Å². The Morgan fingerprint density at radius 2 is 2.00 bits per heavy atom. The maximum Gasteiger partial charge on any atom is 0.261 e. The SMILES string of the molecule is CCOc1cc(Cl)cc(S(=O)(=O)Cl)c1. The van der Waals surface area contributed by atoms with Gasteiger partial charge in [-0.3, -0.25) is 0 Å². The average molecular weight is 255 g/mol.